The molecule has 0 bridgehead atoms. The van der Waals surface area contributed by atoms with Crippen molar-refractivity contribution in [3.05, 3.63) is 83.6 Å². The average molecular weight is 465 g/mol. The van der Waals surface area contributed by atoms with Crippen LogP contribution in [0.2, 0.25) is 0 Å². The molecule has 2 heterocycles. The number of aromatic nitrogens is 1. The zero-order valence-corrected chi connectivity index (χ0v) is 19.6. The number of para-hydroxylation sites is 1. The Balaban J connectivity index is 1.43. The number of hydrogen-bond acceptors (Lipinski definition) is 4. The Labute approximate surface area is 206 Å². The van der Waals surface area contributed by atoms with Gasteiger partial charge in [0, 0.05) is 30.4 Å². The number of anilines is 2. The van der Waals surface area contributed by atoms with E-state index in [4.69, 9.17) is 13.3 Å². The lowest BCUT2D eigenvalue weighted by Crippen LogP contribution is -2.33. The molecule has 1 aromatic heterocycles. The Hall–Kier alpha value is -3.94. The predicted molar refractivity (Wildman–Crippen MR) is 140 cm³/mol. The van der Waals surface area contributed by atoms with Crippen LogP contribution in [-0.4, -0.2) is 48.5 Å². The molecule has 0 spiro atoms. The van der Waals surface area contributed by atoms with Gasteiger partial charge in [0.15, 0.2) is 0 Å². The zero-order valence-electron chi connectivity index (χ0n) is 19.6. The molecule has 2 radical (unpaired) electrons. The minimum Gasteiger partial charge on any atom is -0.357 e. The van der Waals surface area contributed by atoms with Gasteiger partial charge in [-0.25, -0.2) is 4.98 Å². The van der Waals surface area contributed by atoms with Crippen molar-refractivity contribution in [2.45, 2.75) is 32.1 Å². The third-order valence-electron chi connectivity index (χ3n) is 6.04. The van der Waals surface area contributed by atoms with Crippen LogP contribution in [0.15, 0.2) is 66.9 Å². The second-order valence-electron chi connectivity index (χ2n) is 8.61. The molecule has 3 N–H and O–H groups in total. The molecule has 1 aliphatic rings. The van der Waals surface area contributed by atoms with Gasteiger partial charge in [-0.1, -0.05) is 55.1 Å². The molecule has 1 aliphatic heterocycles. The fourth-order valence-electron chi connectivity index (χ4n) is 4.08. The number of amides is 2. The quantitative estimate of drug-likeness (QED) is 0.302. The summed E-state index contributed by atoms with van der Waals surface area (Å²) in [5.41, 5.74) is 2.44. The van der Waals surface area contributed by atoms with Gasteiger partial charge in [0.05, 0.1) is 11.3 Å². The first-order chi connectivity index (χ1) is 17.0. The molecule has 176 valence electrons. The van der Waals surface area contributed by atoms with Gasteiger partial charge in [-0.15, -0.1) is 0 Å². The maximum absolute atomic E-state index is 12.9. The molecule has 0 unspecified atom stereocenters. The average Bonchev–Trinajstić information content (AvgIpc) is 2.85. The fraction of sp³-hybridized carbons (Fsp3) is 0.259. The van der Waals surface area contributed by atoms with E-state index in [1.807, 2.05) is 0 Å². The summed E-state index contributed by atoms with van der Waals surface area (Å²) in [6, 6.07) is 17.1. The van der Waals surface area contributed by atoms with Crippen LogP contribution in [-0.2, 0) is 0 Å². The van der Waals surface area contributed by atoms with E-state index in [0.717, 1.165) is 31.5 Å². The second-order valence-corrected chi connectivity index (χ2v) is 8.61. The molecule has 0 atom stereocenters. The summed E-state index contributed by atoms with van der Waals surface area (Å²) in [6.45, 7) is 1.79. The number of carbonyl (C=O) groups is 2. The van der Waals surface area contributed by atoms with Crippen molar-refractivity contribution in [1.82, 2.24) is 9.88 Å². The van der Waals surface area contributed by atoms with E-state index >= 15 is 0 Å². The molecule has 1 saturated heterocycles. The highest BCUT2D eigenvalue weighted by molar-refractivity contribution is 6.32. The SMILES string of the molecule is [B]c1ccc(NC(=O)c2ccccc2NC(=O)c2ccc(C(=N)N3CCCCCCC3)cc2)nc1. The Morgan fingerprint density at radius 3 is 2.14 bits per heavy atom. The van der Waals surface area contributed by atoms with E-state index in [1.54, 1.807) is 60.7 Å². The van der Waals surface area contributed by atoms with Crippen LogP contribution < -0.4 is 16.1 Å². The molecule has 4 rings (SSSR count). The molecule has 2 amide bonds. The van der Waals surface area contributed by atoms with Crippen molar-refractivity contribution < 1.29 is 9.59 Å². The number of nitrogens with one attached hydrogen (secondary N) is 3. The van der Waals surface area contributed by atoms with Gasteiger partial charge in [-0.2, -0.15) is 0 Å². The van der Waals surface area contributed by atoms with Crippen molar-refractivity contribution in [2.75, 3.05) is 23.7 Å². The van der Waals surface area contributed by atoms with Gasteiger partial charge in [0.2, 0.25) is 0 Å². The Kier molecular flexibility index (Phi) is 7.93. The number of hydrogen-bond donors (Lipinski definition) is 3. The molecular formula is C27H28BN5O2. The first-order valence-corrected chi connectivity index (χ1v) is 11.9. The van der Waals surface area contributed by atoms with Gasteiger partial charge in [0.25, 0.3) is 11.8 Å². The largest absolute Gasteiger partial charge is 0.357 e. The van der Waals surface area contributed by atoms with Crippen molar-refractivity contribution in [2.24, 2.45) is 0 Å². The van der Waals surface area contributed by atoms with E-state index in [0.29, 0.717) is 33.9 Å². The normalized spacial score (nSPS) is 13.9. The monoisotopic (exact) mass is 465 g/mol. The fourth-order valence-corrected chi connectivity index (χ4v) is 4.08. The lowest BCUT2D eigenvalue weighted by molar-refractivity contribution is 0.102. The number of carbonyl (C=O) groups excluding carboxylic acids is 2. The molecule has 1 fully saturated rings. The van der Waals surface area contributed by atoms with Gasteiger partial charge < -0.3 is 15.5 Å². The highest BCUT2D eigenvalue weighted by Crippen LogP contribution is 2.19. The van der Waals surface area contributed by atoms with Crippen molar-refractivity contribution in [3.8, 4) is 0 Å². The summed E-state index contributed by atoms with van der Waals surface area (Å²) < 4.78 is 0. The number of likely N-dealkylation sites (tertiary alicyclic amines) is 1. The number of rotatable bonds is 5. The smallest absolute Gasteiger partial charge is 0.258 e. The van der Waals surface area contributed by atoms with E-state index in [9.17, 15) is 9.59 Å². The predicted octanol–water partition coefficient (Wildman–Crippen LogP) is 3.97. The molecule has 35 heavy (non-hydrogen) atoms. The van der Waals surface area contributed by atoms with Crippen LogP contribution in [0.3, 0.4) is 0 Å². The molecule has 8 heteroatoms. The highest BCUT2D eigenvalue weighted by Gasteiger charge is 2.17. The molecular weight excluding hydrogens is 437 g/mol. The van der Waals surface area contributed by atoms with E-state index in [-0.39, 0.29) is 5.91 Å². The van der Waals surface area contributed by atoms with Crippen LogP contribution in [0.1, 0.15) is 58.4 Å². The maximum Gasteiger partial charge on any atom is 0.258 e. The summed E-state index contributed by atoms with van der Waals surface area (Å²) in [5, 5.41) is 14.1. The molecule has 2 aromatic carbocycles. The first-order valence-electron chi connectivity index (χ1n) is 11.9. The molecule has 3 aromatic rings. The van der Waals surface area contributed by atoms with E-state index in [2.05, 4.69) is 20.5 Å². The first kappa shape index (κ1) is 24.2. The summed E-state index contributed by atoms with van der Waals surface area (Å²) in [5.74, 6) is 0.135. The van der Waals surface area contributed by atoms with Gasteiger partial charge >= 0.3 is 0 Å². The Morgan fingerprint density at radius 1 is 0.800 bits per heavy atom. The van der Waals surface area contributed by atoms with Gasteiger partial charge in [-0.3, -0.25) is 15.0 Å². The third-order valence-corrected chi connectivity index (χ3v) is 6.04. The van der Waals surface area contributed by atoms with E-state index in [1.165, 1.54) is 25.5 Å². The van der Waals surface area contributed by atoms with Crippen molar-refractivity contribution in [1.29, 1.82) is 5.41 Å². The Morgan fingerprint density at radius 2 is 1.46 bits per heavy atom. The van der Waals surface area contributed by atoms with Crippen LogP contribution in [0.5, 0.6) is 0 Å². The standard InChI is InChI=1S/C27H28BN5O2/c28-21-14-15-24(30-18-21)32-27(35)22-8-4-5-9-23(22)31-26(34)20-12-10-19(11-13-20)25(29)33-16-6-2-1-3-7-17-33/h4-5,8-15,18,29H,1-3,6-7,16-17H2,(H,31,34)(H,30,32,35). The lowest BCUT2D eigenvalue weighted by Gasteiger charge is -2.27. The van der Waals surface area contributed by atoms with Crippen LogP contribution in [0.4, 0.5) is 11.5 Å². The minimum atomic E-state index is -0.393. The molecule has 7 nitrogen and oxygen atoms in total. The molecule has 0 saturated carbocycles. The van der Waals surface area contributed by atoms with Crippen LogP contribution >= 0.6 is 0 Å². The van der Waals surface area contributed by atoms with Gasteiger partial charge in [-0.05, 0) is 43.2 Å². The highest BCUT2D eigenvalue weighted by atomic mass is 16.2. The zero-order chi connectivity index (χ0) is 24.6. The number of amidine groups is 1. The van der Waals surface area contributed by atoms with Crippen LogP contribution in [0, 0.1) is 5.41 Å². The topological polar surface area (TPSA) is 98.2 Å². The maximum atomic E-state index is 12.9. The van der Waals surface area contributed by atoms with Crippen molar-refractivity contribution >= 4 is 42.5 Å². The lowest BCUT2D eigenvalue weighted by atomic mass is 9.99. The van der Waals surface area contributed by atoms with Crippen LogP contribution in [0.25, 0.3) is 0 Å². The minimum absolute atomic E-state index is 0.315. The van der Waals surface area contributed by atoms with Gasteiger partial charge in [0.1, 0.15) is 19.5 Å². The summed E-state index contributed by atoms with van der Waals surface area (Å²) >= 11 is 0. The second kappa shape index (κ2) is 11.5. The van der Waals surface area contributed by atoms with Crippen molar-refractivity contribution in [3.63, 3.8) is 0 Å². The summed E-state index contributed by atoms with van der Waals surface area (Å²) in [4.78, 5) is 31.9. The number of benzene rings is 2. The number of nitrogens with zero attached hydrogens (tertiary/aromatic N) is 2. The van der Waals surface area contributed by atoms with E-state index < -0.39 is 5.91 Å². The third kappa shape index (κ3) is 6.35. The number of pyridine rings is 1. The molecule has 0 aliphatic carbocycles. The Bertz CT molecular complexity index is 1190. The summed E-state index contributed by atoms with van der Waals surface area (Å²) in [6.07, 6.45) is 7.35. The summed E-state index contributed by atoms with van der Waals surface area (Å²) in [7, 11) is 5.64.